The maximum Gasteiger partial charge on any atom is 0.257 e. The molecule has 0 aliphatic carbocycles. The maximum absolute atomic E-state index is 11.1. The molecular formula is C17H15N5O. The van der Waals surface area contributed by atoms with Crippen LogP contribution < -0.4 is 4.90 Å². The molecule has 6 nitrogen and oxygen atoms in total. The molecule has 6 heteroatoms. The number of carbonyl (C=O) groups excluding carboxylic acids is 1. The molecule has 1 aromatic carbocycles. The van der Waals surface area contributed by atoms with Gasteiger partial charge in [0.15, 0.2) is 0 Å². The predicted octanol–water partition coefficient (Wildman–Crippen LogP) is 2.78. The Morgan fingerprint density at radius 3 is 2.87 bits per heavy atom. The van der Waals surface area contributed by atoms with E-state index >= 15 is 0 Å². The van der Waals surface area contributed by atoms with Gasteiger partial charge < -0.3 is 4.90 Å². The second kappa shape index (κ2) is 5.84. The van der Waals surface area contributed by atoms with Gasteiger partial charge in [-0.15, -0.1) is 10.2 Å². The van der Waals surface area contributed by atoms with Crippen LogP contribution in [0.15, 0.2) is 61.6 Å². The number of hydrogen-bond acceptors (Lipinski definition) is 5. The summed E-state index contributed by atoms with van der Waals surface area (Å²) in [6.07, 6.45) is 7.65. The summed E-state index contributed by atoms with van der Waals surface area (Å²) in [7, 11) is 1.89. The van der Waals surface area contributed by atoms with Gasteiger partial charge in [0.1, 0.15) is 18.4 Å². The number of aldehydes is 1. The molecule has 114 valence electrons. The van der Waals surface area contributed by atoms with Gasteiger partial charge in [0.05, 0.1) is 5.52 Å². The Hall–Kier alpha value is -3.28. The molecule has 3 aromatic rings. The van der Waals surface area contributed by atoms with Crippen LogP contribution >= 0.6 is 0 Å². The zero-order valence-corrected chi connectivity index (χ0v) is 12.7. The third-order valence-electron chi connectivity index (χ3n) is 3.60. The maximum atomic E-state index is 11.1. The number of hydrogen-bond donors (Lipinski definition) is 0. The molecule has 2 heterocycles. The van der Waals surface area contributed by atoms with Crippen LogP contribution in [-0.2, 0) is 0 Å². The van der Waals surface area contributed by atoms with Crippen molar-refractivity contribution in [3.8, 4) is 0 Å². The summed E-state index contributed by atoms with van der Waals surface area (Å²) in [5.41, 5.74) is 2.24. The van der Waals surface area contributed by atoms with E-state index in [0.717, 1.165) is 22.9 Å². The molecule has 0 fully saturated rings. The van der Waals surface area contributed by atoms with E-state index in [1.807, 2.05) is 24.1 Å². The van der Waals surface area contributed by atoms with Gasteiger partial charge in [0.25, 0.3) is 5.78 Å². The Morgan fingerprint density at radius 2 is 2.17 bits per heavy atom. The van der Waals surface area contributed by atoms with E-state index in [1.165, 1.54) is 0 Å². The number of fused-ring (bicyclic) bond motifs is 3. The molecule has 0 aliphatic rings. The Labute approximate surface area is 133 Å². The highest BCUT2D eigenvalue weighted by molar-refractivity contribution is 5.95. The lowest BCUT2D eigenvalue weighted by Crippen LogP contribution is -2.17. The van der Waals surface area contributed by atoms with Crippen molar-refractivity contribution in [2.24, 2.45) is 0 Å². The third-order valence-corrected chi connectivity index (χ3v) is 3.60. The molecule has 0 unspecified atom stereocenters. The minimum absolute atomic E-state index is 0.462. The number of anilines is 1. The first-order chi connectivity index (χ1) is 11.2. The van der Waals surface area contributed by atoms with E-state index in [-0.39, 0.29) is 0 Å². The smallest absolute Gasteiger partial charge is 0.257 e. The van der Waals surface area contributed by atoms with Crippen molar-refractivity contribution in [3.63, 3.8) is 0 Å². The standard InChI is InChI=1S/C17H15N5O/c1-4-6-13(5-2)21(3)16-14-8-7-12(10-23)9-15(14)22-11-18-20-17(22)19-16/h4-11H,1-2H2,3H3/b13-6+. The van der Waals surface area contributed by atoms with Gasteiger partial charge >= 0.3 is 0 Å². The summed E-state index contributed by atoms with van der Waals surface area (Å²) < 4.78 is 1.75. The SMILES string of the molecule is C=C/C=C(\C=C)N(C)c1nc2nncn2c2cc(C=O)ccc12. The first kappa shape index (κ1) is 14.6. The fraction of sp³-hybridized carbons (Fsp3) is 0.0588. The molecule has 23 heavy (non-hydrogen) atoms. The molecule has 0 radical (unpaired) electrons. The zero-order chi connectivity index (χ0) is 16.4. The molecule has 0 bridgehead atoms. The van der Waals surface area contributed by atoms with Crippen LogP contribution in [0.1, 0.15) is 10.4 Å². The van der Waals surface area contributed by atoms with Crippen LogP contribution in [0, 0.1) is 0 Å². The van der Waals surface area contributed by atoms with Gasteiger partial charge in [0.2, 0.25) is 0 Å². The van der Waals surface area contributed by atoms with Crippen LogP contribution in [0.5, 0.6) is 0 Å². The predicted molar refractivity (Wildman–Crippen MR) is 90.6 cm³/mol. The summed E-state index contributed by atoms with van der Waals surface area (Å²) in [5.74, 6) is 1.16. The average Bonchev–Trinajstić information content (AvgIpc) is 3.06. The zero-order valence-electron chi connectivity index (χ0n) is 12.7. The number of aromatic nitrogens is 4. The van der Waals surface area contributed by atoms with Crippen molar-refractivity contribution in [1.29, 1.82) is 0 Å². The average molecular weight is 305 g/mol. The number of allylic oxidation sites excluding steroid dienone is 3. The largest absolute Gasteiger partial charge is 0.329 e. The number of nitrogens with zero attached hydrogens (tertiary/aromatic N) is 5. The van der Waals surface area contributed by atoms with Crippen molar-refractivity contribution in [2.45, 2.75) is 0 Å². The van der Waals surface area contributed by atoms with Crippen molar-refractivity contribution >= 4 is 28.8 Å². The van der Waals surface area contributed by atoms with Crippen LogP contribution in [0.3, 0.4) is 0 Å². The molecule has 0 saturated heterocycles. The molecule has 3 rings (SSSR count). The number of likely N-dealkylation sites (N-methyl/N-ethyl adjacent to an activating group) is 1. The van der Waals surface area contributed by atoms with E-state index in [4.69, 9.17) is 0 Å². The van der Waals surface area contributed by atoms with Gasteiger partial charge in [-0.05, 0) is 24.3 Å². The monoisotopic (exact) mass is 305 g/mol. The molecule has 0 atom stereocenters. The van der Waals surface area contributed by atoms with E-state index in [0.29, 0.717) is 17.2 Å². The minimum atomic E-state index is 0.462. The van der Waals surface area contributed by atoms with Crippen molar-refractivity contribution < 1.29 is 4.79 Å². The Balaban J connectivity index is 2.34. The van der Waals surface area contributed by atoms with Gasteiger partial charge in [-0.25, -0.2) is 0 Å². The molecule has 0 aliphatic heterocycles. The Morgan fingerprint density at radius 1 is 1.35 bits per heavy atom. The fourth-order valence-corrected chi connectivity index (χ4v) is 2.46. The third kappa shape index (κ3) is 2.40. The molecule has 0 amide bonds. The van der Waals surface area contributed by atoms with Gasteiger partial charge in [-0.1, -0.05) is 25.3 Å². The summed E-state index contributed by atoms with van der Waals surface area (Å²) in [6, 6.07) is 5.42. The van der Waals surface area contributed by atoms with E-state index in [2.05, 4.69) is 28.3 Å². The molecule has 0 N–H and O–H groups in total. The Kier molecular flexibility index (Phi) is 3.72. The fourth-order valence-electron chi connectivity index (χ4n) is 2.46. The first-order valence-corrected chi connectivity index (χ1v) is 6.97. The lowest BCUT2D eigenvalue weighted by atomic mass is 10.1. The number of carbonyl (C=O) groups is 1. The lowest BCUT2D eigenvalue weighted by molar-refractivity contribution is 0.112. The summed E-state index contributed by atoms with van der Waals surface area (Å²) in [4.78, 5) is 17.6. The van der Waals surface area contributed by atoms with Crippen LogP contribution in [0.2, 0.25) is 0 Å². The van der Waals surface area contributed by atoms with Crippen LogP contribution in [0.25, 0.3) is 16.7 Å². The quantitative estimate of drug-likeness (QED) is 0.536. The van der Waals surface area contributed by atoms with E-state index < -0.39 is 0 Å². The highest BCUT2D eigenvalue weighted by atomic mass is 16.1. The van der Waals surface area contributed by atoms with Gasteiger partial charge in [-0.2, -0.15) is 4.98 Å². The highest BCUT2D eigenvalue weighted by Crippen LogP contribution is 2.28. The summed E-state index contributed by atoms with van der Waals surface area (Å²) >= 11 is 0. The number of rotatable bonds is 5. The van der Waals surface area contributed by atoms with E-state index in [1.54, 1.807) is 35.0 Å². The Bertz CT molecular complexity index is 954. The molecule has 2 aromatic heterocycles. The van der Waals surface area contributed by atoms with Crippen LogP contribution in [0.4, 0.5) is 5.82 Å². The first-order valence-electron chi connectivity index (χ1n) is 6.97. The molecular weight excluding hydrogens is 290 g/mol. The molecule has 0 spiro atoms. The van der Waals surface area contributed by atoms with Gasteiger partial charge in [-0.3, -0.25) is 9.20 Å². The van der Waals surface area contributed by atoms with Gasteiger partial charge in [0, 0.05) is 23.7 Å². The van der Waals surface area contributed by atoms with Crippen molar-refractivity contribution in [1.82, 2.24) is 19.6 Å². The van der Waals surface area contributed by atoms with E-state index in [9.17, 15) is 4.79 Å². The van der Waals surface area contributed by atoms with Crippen molar-refractivity contribution in [2.75, 3.05) is 11.9 Å². The normalized spacial score (nSPS) is 11.6. The summed E-state index contributed by atoms with van der Waals surface area (Å²) in [6.45, 7) is 7.54. The second-order valence-electron chi connectivity index (χ2n) is 4.92. The molecule has 0 saturated carbocycles. The topological polar surface area (TPSA) is 63.4 Å². The van der Waals surface area contributed by atoms with Crippen LogP contribution in [-0.4, -0.2) is 32.9 Å². The lowest BCUT2D eigenvalue weighted by Gasteiger charge is -2.21. The number of benzene rings is 1. The summed E-state index contributed by atoms with van der Waals surface area (Å²) in [5, 5.41) is 8.80. The van der Waals surface area contributed by atoms with Crippen molar-refractivity contribution in [3.05, 3.63) is 67.2 Å². The highest BCUT2D eigenvalue weighted by Gasteiger charge is 2.15. The second-order valence-corrected chi connectivity index (χ2v) is 4.92. The minimum Gasteiger partial charge on any atom is -0.329 e.